The van der Waals surface area contributed by atoms with Crippen molar-refractivity contribution in [2.45, 2.75) is 57.7 Å². The van der Waals surface area contributed by atoms with Crippen molar-refractivity contribution in [2.75, 3.05) is 18.1 Å². The summed E-state index contributed by atoms with van der Waals surface area (Å²) in [4.78, 5) is 0. The summed E-state index contributed by atoms with van der Waals surface area (Å²) in [5.41, 5.74) is 0.182. The minimum absolute atomic E-state index is 0.182. The van der Waals surface area contributed by atoms with Crippen molar-refractivity contribution < 1.29 is 13.2 Å². The van der Waals surface area contributed by atoms with Gasteiger partial charge in [0.25, 0.3) is 0 Å². The van der Waals surface area contributed by atoms with Gasteiger partial charge in [-0.3, -0.25) is 0 Å². The number of hydrogen-bond acceptors (Lipinski definition) is 4. The Morgan fingerprint density at radius 3 is 2.53 bits per heavy atom. The summed E-state index contributed by atoms with van der Waals surface area (Å²) in [5, 5.41) is 3.74. The van der Waals surface area contributed by atoms with Crippen LogP contribution in [0.3, 0.4) is 0 Å². The highest BCUT2D eigenvalue weighted by Crippen LogP contribution is 2.51. The quantitative estimate of drug-likeness (QED) is 0.833. The van der Waals surface area contributed by atoms with Crippen LogP contribution in [-0.4, -0.2) is 44.7 Å². The third kappa shape index (κ3) is 2.45. The maximum absolute atomic E-state index is 11.5. The molecule has 0 radical (unpaired) electrons. The number of hydrogen-bond donors (Lipinski definition) is 1. The lowest BCUT2D eigenvalue weighted by Crippen LogP contribution is -2.70. The van der Waals surface area contributed by atoms with E-state index >= 15 is 0 Å². The van der Waals surface area contributed by atoms with E-state index in [1.54, 1.807) is 0 Å². The van der Waals surface area contributed by atoms with Gasteiger partial charge < -0.3 is 10.1 Å². The van der Waals surface area contributed by atoms with Crippen molar-refractivity contribution in [1.29, 1.82) is 0 Å². The van der Waals surface area contributed by atoms with Crippen molar-refractivity contribution in [3.63, 3.8) is 0 Å². The molecule has 5 heteroatoms. The first-order chi connectivity index (χ1) is 8.90. The summed E-state index contributed by atoms with van der Waals surface area (Å²) >= 11 is 0. The van der Waals surface area contributed by atoms with Crippen molar-refractivity contribution in [1.82, 2.24) is 5.32 Å². The molecule has 0 amide bonds. The van der Waals surface area contributed by atoms with Gasteiger partial charge in [-0.25, -0.2) is 8.42 Å². The van der Waals surface area contributed by atoms with Crippen molar-refractivity contribution in [3.05, 3.63) is 0 Å². The van der Waals surface area contributed by atoms with E-state index in [9.17, 15) is 8.42 Å². The Morgan fingerprint density at radius 2 is 1.84 bits per heavy atom. The summed E-state index contributed by atoms with van der Waals surface area (Å²) in [6.07, 6.45) is 4.34. The Kier molecular flexibility index (Phi) is 3.43. The van der Waals surface area contributed by atoms with Crippen LogP contribution in [0.15, 0.2) is 0 Å². The molecule has 2 aliphatic heterocycles. The van der Waals surface area contributed by atoms with Gasteiger partial charge in [0.15, 0.2) is 0 Å². The normalized spacial score (nSPS) is 41.3. The molecular weight excluding hydrogens is 262 g/mol. The molecule has 3 fully saturated rings. The smallest absolute Gasteiger partial charge is 0.150 e. The lowest BCUT2D eigenvalue weighted by atomic mass is 9.55. The molecule has 110 valence electrons. The Morgan fingerprint density at radius 1 is 1.16 bits per heavy atom. The van der Waals surface area contributed by atoms with Crippen molar-refractivity contribution >= 4 is 9.84 Å². The molecule has 0 aromatic heterocycles. The van der Waals surface area contributed by atoms with E-state index in [2.05, 4.69) is 19.2 Å². The maximum atomic E-state index is 11.5. The topological polar surface area (TPSA) is 55.4 Å². The number of rotatable bonds is 2. The minimum atomic E-state index is -2.76. The molecule has 19 heavy (non-hydrogen) atoms. The SMILES string of the molecule is CC1(C)C(NC2CCS(=O)(=O)CC2)C2CCCOC21. The molecule has 2 saturated heterocycles. The zero-order valence-corrected chi connectivity index (χ0v) is 12.7. The van der Waals surface area contributed by atoms with Gasteiger partial charge in [0, 0.05) is 30.0 Å². The average Bonchev–Trinajstić information content (AvgIpc) is 2.37. The van der Waals surface area contributed by atoms with Gasteiger partial charge in [0.05, 0.1) is 17.6 Å². The van der Waals surface area contributed by atoms with Crippen LogP contribution >= 0.6 is 0 Å². The number of nitrogens with one attached hydrogen (secondary N) is 1. The third-order valence-corrected chi connectivity index (χ3v) is 7.02. The highest BCUT2D eigenvalue weighted by Gasteiger charge is 2.58. The van der Waals surface area contributed by atoms with Gasteiger partial charge >= 0.3 is 0 Å². The zero-order valence-electron chi connectivity index (χ0n) is 11.9. The summed E-state index contributed by atoms with van der Waals surface area (Å²) in [7, 11) is -2.76. The Labute approximate surface area is 116 Å². The summed E-state index contributed by atoms with van der Waals surface area (Å²) in [5.74, 6) is 1.33. The van der Waals surface area contributed by atoms with Gasteiger partial charge in [-0.2, -0.15) is 0 Å². The van der Waals surface area contributed by atoms with Gasteiger partial charge in [-0.15, -0.1) is 0 Å². The highest BCUT2D eigenvalue weighted by atomic mass is 32.2. The standard InChI is InChI=1S/C14H25NO3S/c1-14(2)12(11-4-3-7-18-13(11)14)15-10-5-8-19(16,17)9-6-10/h10-13,15H,3-9H2,1-2H3. The second-order valence-electron chi connectivity index (χ2n) is 6.99. The Balaban J connectivity index is 1.61. The minimum Gasteiger partial charge on any atom is -0.377 e. The molecule has 0 spiro atoms. The van der Waals surface area contributed by atoms with E-state index < -0.39 is 9.84 Å². The lowest BCUT2D eigenvalue weighted by Gasteiger charge is -2.61. The van der Waals surface area contributed by atoms with Gasteiger partial charge in [0.2, 0.25) is 0 Å². The number of fused-ring (bicyclic) bond motifs is 1. The van der Waals surface area contributed by atoms with E-state index in [1.807, 2.05) is 0 Å². The van der Waals surface area contributed by atoms with Crippen LogP contribution in [-0.2, 0) is 14.6 Å². The predicted molar refractivity (Wildman–Crippen MR) is 74.8 cm³/mol. The molecule has 0 bridgehead atoms. The van der Waals surface area contributed by atoms with Crippen LogP contribution in [0.4, 0.5) is 0 Å². The molecule has 1 saturated carbocycles. The average molecular weight is 287 g/mol. The highest BCUT2D eigenvalue weighted by molar-refractivity contribution is 7.91. The van der Waals surface area contributed by atoms with E-state index in [-0.39, 0.29) is 5.41 Å². The Hall–Kier alpha value is -0.130. The van der Waals surface area contributed by atoms with Gasteiger partial charge in [0.1, 0.15) is 9.84 Å². The summed E-state index contributed by atoms with van der Waals surface area (Å²) in [6.45, 7) is 5.45. The fourth-order valence-corrected chi connectivity index (χ4v) is 5.66. The molecule has 4 nitrogen and oxygen atoms in total. The molecule has 3 rings (SSSR count). The summed E-state index contributed by atoms with van der Waals surface area (Å²) in [6, 6.07) is 0.860. The molecule has 1 N–H and O–H groups in total. The lowest BCUT2D eigenvalue weighted by molar-refractivity contribution is -0.194. The first-order valence-corrected chi connectivity index (χ1v) is 9.30. The molecule has 3 atom stereocenters. The van der Waals surface area contributed by atoms with Crippen LogP contribution < -0.4 is 5.32 Å². The molecule has 3 aliphatic rings. The first-order valence-electron chi connectivity index (χ1n) is 7.48. The second-order valence-corrected chi connectivity index (χ2v) is 9.29. The fourth-order valence-electron chi connectivity index (χ4n) is 4.17. The van der Waals surface area contributed by atoms with Crippen LogP contribution in [0.2, 0.25) is 0 Å². The monoisotopic (exact) mass is 287 g/mol. The molecular formula is C14H25NO3S. The van der Waals surface area contributed by atoms with Crippen LogP contribution in [0.1, 0.15) is 39.5 Å². The Bertz CT molecular complexity index is 432. The predicted octanol–water partition coefficient (Wildman–Crippen LogP) is 1.36. The summed E-state index contributed by atoms with van der Waals surface area (Å²) < 4.78 is 28.9. The molecule has 0 aromatic rings. The van der Waals surface area contributed by atoms with E-state index in [4.69, 9.17) is 4.74 Å². The molecule has 3 unspecified atom stereocenters. The zero-order chi connectivity index (χ0) is 13.7. The molecule has 0 aromatic carbocycles. The van der Waals surface area contributed by atoms with Crippen molar-refractivity contribution in [2.24, 2.45) is 11.3 Å². The number of sulfone groups is 1. The maximum Gasteiger partial charge on any atom is 0.150 e. The van der Waals surface area contributed by atoms with Crippen LogP contribution in [0.25, 0.3) is 0 Å². The molecule has 2 heterocycles. The second kappa shape index (κ2) is 4.71. The van der Waals surface area contributed by atoms with E-state index in [1.165, 1.54) is 6.42 Å². The fraction of sp³-hybridized carbons (Fsp3) is 1.00. The van der Waals surface area contributed by atoms with Crippen molar-refractivity contribution in [3.8, 4) is 0 Å². The molecule has 1 aliphatic carbocycles. The van der Waals surface area contributed by atoms with E-state index in [0.717, 1.165) is 25.9 Å². The largest absolute Gasteiger partial charge is 0.377 e. The first kappa shape index (κ1) is 13.8. The van der Waals surface area contributed by atoms with Crippen LogP contribution in [0.5, 0.6) is 0 Å². The van der Waals surface area contributed by atoms with E-state index in [0.29, 0.717) is 35.6 Å². The van der Waals surface area contributed by atoms with Gasteiger partial charge in [-0.05, 0) is 25.7 Å². The third-order valence-electron chi connectivity index (χ3n) is 5.30. The van der Waals surface area contributed by atoms with Gasteiger partial charge in [-0.1, -0.05) is 13.8 Å². The number of ether oxygens (including phenoxy) is 1. The van der Waals surface area contributed by atoms with Crippen LogP contribution in [0, 0.1) is 11.3 Å².